The summed E-state index contributed by atoms with van der Waals surface area (Å²) in [6.07, 6.45) is 3.88. The molecule has 0 spiro atoms. The summed E-state index contributed by atoms with van der Waals surface area (Å²) in [5.74, 6) is 3.77. The molecule has 1 saturated heterocycles. The topological polar surface area (TPSA) is 41.0 Å². The van der Waals surface area contributed by atoms with Crippen LogP contribution in [0.4, 0.5) is 11.6 Å². The highest BCUT2D eigenvalue weighted by atomic mass is 15.2. The number of aromatic nitrogens is 2. The summed E-state index contributed by atoms with van der Waals surface area (Å²) in [5, 5.41) is 3.27. The Morgan fingerprint density at radius 1 is 1.28 bits per heavy atom. The van der Waals surface area contributed by atoms with E-state index in [1.54, 1.807) is 0 Å². The Bertz CT molecular complexity index is 383. The second-order valence-electron chi connectivity index (χ2n) is 5.03. The van der Waals surface area contributed by atoms with Crippen molar-refractivity contribution in [2.75, 3.05) is 29.9 Å². The normalized spacial score (nSPS) is 16.9. The van der Waals surface area contributed by atoms with Gasteiger partial charge in [0.1, 0.15) is 17.5 Å². The highest BCUT2D eigenvalue weighted by Crippen LogP contribution is 2.24. The lowest BCUT2D eigenvalue weighted by molar-refractivity contribution is 0.393. The Morgan fingerprint density at radius 2 is 2.00 bits per heavy atom. The average molecular weight is 248 g/mol. The third kappa shape index (κ3) is 3.12. The molecule has 0 saturated carbocycles. The van der Waals surface area contributed by atoms with Crippen molar-refractivity contribution in [3.05, 3.63) is 11.9 Å². The van der Waals surface area contributed by atoms with Gasteiger partial charge in [-0.2, -0.15) is 0 Å². The molecule has 4 heteroatoms. The van der Waals surface area contributed by atoms with Crippen LogP contribution in [0, 0.1) is 12.8 Å². The van der Waals surface area contributed by atoms with Crippen molar-refractivity contribution in [1.82, 2.24) is 9.97 Å². The van der Waals surface area contributed by atoms with Crippen LogP contribution in [0.2, 0.25) is 0 Å². The molecule has 1 fully saturated rings. The highest BCUT2D eigenvalue weighted by molar-refractivity contribution is 5.49. The summed E-state index contributed by atoms with van der Waals surface area (Å²) in [5.41, 5.74) is 0. The van der Waals surface area contributed by atoms with E-state index >= 15 is 0 Å². The molecular weight excluding hydrogens is 224 g/mol. The third-order valence-electron chi connectivity index (χ3n) is 3.70. The Labute approximate surface area is 110 Å². The quantitative estimate of drug-likeness (QED) is 0.889. The molecule has 0 unspecified atom stereocenters. The molecule has 2 heterocycles. The summed E-state index contributed by atoms with van der Waals surface area (Å²) >= 11 is 0. The summed E-state index contributed by atoms with van der Waals surface area (Å²) < 4.78 is 0. The fourth-order valence-corrected chi connectivity index (χ4v) is 2.56. The molecule has 1 aromatic rings. The standard InChI is InChI=1S/C14H24N4/c1-4-12-6-8-18(9-7-12)14-10-13(15-5-2)16-11(3)17-14/h10,12H,4-9H2,1-3H3,(H,15,16,17). The molecule has 0 aromatic carbocycles. The zero-order valence-electron chi connectivity index (χ0n) is 11.7. The smallest absolute Gasteiger partial charge is 0.134 e. The van der Waals surface area contributed by atoms with Crippen molar-refractivity contribution < 1.29 is 0 Å². The number of anilines is 2. The van der Waals surface area contributed by atoms with Gasteiger partial charge in [0.2, 0.25) is 0 Å². The van der Waals surface area contributed by atoms with Crippen molar-refractivity contribution in [2.45, 2.75) is 40.0 Å². The minimum absolute atomic E-state index is 0.848. The lowest BCUT2D eigenvalue weighted by atomic mass is 9.94. The number of aryl methyl sites for hydroxylation is 1. The van der Waals surface area contributed by atoms with E-state index in [-0.39, 0.29) is 0 Å². The van der Waals surface area contributed by atoms with Crippen LogP contribution in [-0.4, -0.2) is 29.6 Å². The minimum atomic E-state index is 0.848. The van der Waals surface area contributed by atoms with E-state index in [2.05, 4.69) is 40.1 Å². The van der Waals surface area contributed by atoms with Gasteiger partial charge < -0.3 is 10.2 Å². The van der Waals surface area contributed by atoms with Gasteiger partial charge >= 0.3 is 0 Å². The predicted octanol–water partition coefficient (Wildman–Crippen LogP) is 2.84. The van der Waals surface area contributed by atoms with Gasteiger partial charge in [-0.25, -0.2) is 9.97 Å². The molecule has 1 aliphatic rings. The maximum Gasteiger partial charge on any atom is 0.134 e. The molecule has 0 amide bonds. The van der Waals surface area contributed by atoms with Crippen LogP contribution in [0.5, 0.6) is 0 Å². The van der Waals surface area contributed by atoms with E-state index in [9.17, 15) is 0 Å². The molecule has 18 heavy (non-hydrogen) atoms. The van der Waals surface area contributed by atoms with Crippen molar-refractivity contribution in [3.8, 4) is 0 Å². The maximum atomic E-state index is 4.57. The summed E-state index contributed by atoms with van der Waals surface area (Å²) in [6.45, 7) is 9.49. The van der Waals surface area contributed by atoms with E-state index in [1.165, 1.54) is 19.3 Å². The lowest BCUT2D eigenvalue weighted by Crippen LogP contribution is -2.34. The molecule has 0 atom stereocenters. The zero-order chi connectivity index (χ0) is 13.0. The molecule has 0 radical (unpaired) electrons. The SMILES string of the molecule is CCNc1cc(N2CCC(CC)CC2)nc(C)n1. The van der Waals surface area contributed by atoms with Crippen LogP contribution in [0.3, 0.4) is 0 Å². The molecule has 100 valence electrons. The van der Waals surface area contributed by atoms with Gasteiger partial charge in [0.05, 0.1) is 0 Å². The summed E-state index contributed by atoms with van der Waals surface area (Å²) in [4.78, 5) is 11.4. The molecule has 1 N–H and O–H groups in total. The fraction of sp³-hybridized carbons (Fsp3) is 0.714. The van der Waals surface area contributed by atoms with Crippen LogP contribution in [0.1, 0.15) is 38.9 Å². The number of nitrogens with zero attached hydrogens (tertiary/aromatic N) is 3. The van der Waals surface area contributed by atoms with E-state index < -0.39 is 0 Å². The number of rotatable bonds is 4. The molecule has 4 nitrogen and oxygen atoms in total. The first-order chi connectivity index (χ1) is 8.72. The Morgan fingerprint density at radius 3 is 2.61 bits per heavy atom. The predicted molar refractivity (Wildman–Crippen MR) is 76.2 cm³/mol. The van der Waals surface area contributed by atoms with Crippen LogP contribution in [-0.2, 0) is 0 Å². The van der Waals surface area contributed by atoms with Crippen LogP contribution in [0.25, 0.3) is 0 Å². The number of hydrogen-bond donors (Lipinski definition) is 1. The molecule has 1 aliphatic heterocycles. The summed E-state index contributed by atoms with van der Waals surface area (Å²) in [6, 6.07) is 2.07. The molecule has 2 rings (SSSR count). The van der Waals surface area contributed by atoms with Crippen molar-refractivity contribution in [2.24, 2.45) is 5.92 Å². The highest BCUT2D eigenvalue weighted by Gasteiger charge is 2.19. The maximum absolute atomic E-state index is 4.57. The second-order valence-corrected chi connectivity index (χ2v) is 5.03. The first-order valence-corrected chi connectivity index (χ1v) is 7.07. The third-order valence-corrected chi connectivity index (χ3v) is 3.70. The van der Waals surface area contributed by atoms with E-state index in [4.69, 9.17) is 0 Å². The van der Waals surface area contributed by atoms with Gasteiger partial charge in [-0.3, -0.25) is 0 Å². The number of nitrogens with one attached hydrogen (secondary N) is 1. The summed E-state index contributed by atoms with van der Waals surface area (Å²) in [7, 11) is 0. The van der Waals surface area contributed by atoms with Gasteiger partial charge in [-0.15, -0.1) is 0 Å². The molecule has 1 aromatic heterocycles. The fourth-order valence-electron chi connectivity index (χ4n) is 2.56. The van der Waals surface area contributed by atoms with E-state index in [0.717, 1.165) is 43.0 Å². The average Bonchev–Trinajstić information content (AvgIpc) is 2.38. The van der Waals surface area contributed by atoms with Gasteiger partial charge in [-0.05, 0) is 32.6 Å². The van der Waals surface area contributed by atoms with Gasteiger partial charge in [0.15, 0.2) is 0 Å². The van der Waals surface area contributed by atoms with Gasteiger partial charge in [0, 0.05) is 25.7 Å². The Hall–Kier alpha value is -1.32. The molecule has 0 aliphatic carbocycles. The molecular formula is C14H24N4. The second kappa shape index (κ2) is 6.03. The van der Waals surface area contributed by atoms with Gasteiger partial charge in [-0.1, -0.05) is 13.3 Å². The molecule has 0 bridgehead atoms. The first-order valence-electron chi connectivity index (χ1n) is 7.07. The van der Waals surface area contributed by atoms with Crippen LogP contribution >= 0.6 is 0 Å². The number of hydrogen-bond acceptors (Lipinski definition) is 4. The van der Waals surface area contributed by atoms with Gasteiger partial charge in [0.25, 0.3) is 0 Å². The van der Waals surface area contributed by atoms with Crippen LogP contribution in [0.15, 0.2) is 6.07 Å². The first kappa shape index (κ1) is 13.1. The van der Waals surface area contributed by atoms with Crippen molar-refractivity contribution in [1.29, 1.82) is 0 Å². The van der Waals surface area contributed by atoms with E-state index in [0.29, 0.717) is 0 Å². The zero-order valence-corrected chi connectivity index (χ0v) is 11.7. The monoisotopic (exact) mass is 248 g/mol. The largest absolute Gasteiger partial charge is 0.370 e. The number of piperidine rings is 1. The minimum Gasteiger partial charge on any atom is -0.370 e. The lowest BCUT2D eigenvalue weighted by Gasteiger charge is -2.32. The van der Waals surface area contributed by atoms with Crippen molar-refractivity contribution in [3.63, 3.8) is 0 Å². The Balaban J connectivity index is 2.08. The van der Waals surface area contributed by atoms with Crippen LogP contribution < -0.4 is 10.2 Å². The van der Waals surface area contributed by atoms with Crippen molar-refractivity contribution >= 4 is 11.6 Å². The van der Waals surface area contributed by atoms with E-state index in [1.807, 2.05) is 6.92 Å². The Kier molecular flexibility index (Phi) is 4.39.